The molecule has 0 spiro atoms. The van der Waals surface area contributed by atoms with E-state index in [1.54, 1.807) is 0 Å². The monoisotopic (exact) mass is 249 g/mol. The first kappa shape index (κ1) is 16.0. The first-order valence-electron chi connectivity index (χ1n) is 6.26. The standard InChI is InChI=1S/C12H25O3P/c1-5-7-9-10(3)11(8-6-2)12(4,13)16(14)15/h10-11,13H,5-9H2,1-4H3/p+1. The van der Waals surface area contributed by atoms with Gasteiger partial charge in [-0.25, -0.2) is 0 Å². The molecule has 0 aliphatic heterocycles. The van der Waals surface area contributed by atoms with Gasteiger partial charge < -0.3 is 5.11 Å². The lowest BCUT2D eigenvalue weighted by Gasteiger charge is -2.28. The van der Waals surface area contributed by atoms with Crippen molar-refractivity contribution in [2.45, 2.75) is 65.1 Å². The molecule has 0 aliphatic rings. The highest BCUT2D eigenvalue weighted by atomic mass is 31.1. The van der Waals surface area contributed by atoms with Crippen LogP contribution in [0.25, 0.3) is 0 Å². The van der Waals surface area contributed by atoms with Crippen LogP contribution in [0.2, 0.25) is 0 Å². The van der Waals surface area contributed by atoms with Crippen LogP contribution >= 0.6 is 8.03 Å². The highest BCUT2D eigenvalue weighted by Crippen LogP contribution is 2.45. The largest absolute Gasteiger partial charge is 0.540 e. The lowest BCUT2D eigenvalue weighted by atomic mass is 9.82. The van der Waals surface area contributed by atoms with Crippen LogP contribution < -0.4 is 0 Å². The third kappa shape index (κ3) is 4.48. The van der Waals surface area contributed by atoms with Gasteiger partial charge in [0.15, 0.2) is 0 Å². The third-order valence-corrected chi connectivity index (χ3v) is 4.50. The van der Waals surface area contributed by atoms with Crippen LogP contribution in [0, 0.1) is 11.8 Å². The quantitative estimate of drug-likeness (QED) is 0.645. The molecule has 96 valence electrons. The van der Waals surface area contributed by atoms with Crippen LogP contribution in [0.3, 0.4) is 0 Å². The predicted octanol–water partition coefficient (Wildman–Crippen LogP) is 3.67. The van der Waals surface area contributed by atoms with Crippen LogP contribution in [0.5, 0.6) is 0 Å². The summed E-state index contributed by atoms with van der Waals surface area (Å²) in [5, 5.41) is 8.67. The normalized spacial score (nSPS) is 20.0. The third-order valence-electron chi connectivity index (χ3n) is 3.39. The summed E-state index contributed by atoms with van der Waals surface area (Å²) in [7, 11) is -2.54. The minimum absolute atomic E-state index is 0.0855. The van der Waals surface area contributed by atoms with Crippen LogP contribution in [-0.2, 0) is 4.57 Å². The molecule has 4 atom stereocenters. The summed E-state index contributed by atoms with van der Waals surface area (Å²) >= 11 is 0. The summed E-state index contributed by atoms with van der Waals surface area (Å²) in [6.45, 7) is 7.74. The molecule has 0 saturated carbocycles. The fraction of sp³-hybridized carbons (Fsp3) is 1.00. The molecule has 4 heteroatoms. The topological polar surface area (TPSA) is 57.5 Å². The second kappa shape index (κ2) is 7.37. The van der Waals surface area contributed by atoms with E-state index in [0.29, 0.717) is 5.92 Å². The summed E-state index contributed by atoms with van der Waals surface area (Å²) in [5.74, 6) is 0.207. The second-order valence-electron chi connectivity index (χ2n) is 4.88. The lowest BCUT2D eigenvalue weighted by Crippen LogP contribution is -2.35. The first-order chi connectivity index (χ1) is 7.37. The van der Waals surface area contributed by atoms with E-state index in [4.69, 9.17) is 0 Å². The summed E-state index contributed by atoms with van der Waals surface area (Å²) in [6.07, 6.45) is 4.98. The Hall–Kier alpha value is 0.0200. The Labute approximate surface area is 100 Å². The van der Waals surface area contributed by atoms with Crippen molar-refractivity contribution in [3.8, 4) is 0 Å². The number of unbranched alkanes of at least 4 members (excludes halogenated alkanes) is 1. The molecule has 0 aliphatic carbocycles. The van der Waals surface area contributed by atoms with Crippen molar-refractivity contribution >= 4 is 8.03 Å². The number of hydrogen-bond donors (Lipinski definition) is 2. The van der Waals surface area contributed by atoms with E-state index in [-0.39, 0.29) is 5.92 Å². The molecule has 0 saturated heterocycles. The van der Waals surface area contributed by atoms with E-state index in [0.717, 1.165) is 32.1 Å². The van der Waals surface area contributed by atoms with Crippen LogP contribution in [0.1, 0.15) is 59.8 Å². The molecule has 16 heavy (non-hydrogen) atoms. The van der Waals surface area contributed by atoms with Crippen LogP contribution in [0.4, 0.5) is 0 Å². The lowest BCUT2D eigenvalue weighted by molar-refractivity contribution is 0.0353. The van der Waals surface area contributed by atoms with Gasteiger partial charge >= 0.3 is 8.03 Å². The van der Waals surface area contributed by atoms with Crippen LogP contribution in [0.15, 0.2) is 0 Å². The Morgan fingerprint density at radius 1 is 1.25 bits per heavy atom. The molecule has 3 nitrogen and oxygen atoms in total. The Kier molecular flexibility index (Phi) is 7.38. The van der Waals surface area contributed by atoms with Crippen molar-refractivity contribution in [3.05, 3.63) is 0 Å². The summed E-state index contributed by atoms with van der Waals surface area (Å²) in [4.78, 5) is 9.21. The molecule has 0 aromatic heterocycles. The van der Waals surface area contributed by atoms with Gasteiger partial charge in [0.25, 0.3) is 5.34 Å². The second-order valence-corrected chi connectivity index (χ2v) is 6.33. The fourth-order valence-electron chi connectivity index (χ4n) is 2.28. The molecular weight excluding hydrogens is 223 g/mol. The van der Waals surface area contributed by atoms with Gasteiger partial charge in [0.05, 0.1) is 0 Å². The van der Waals surface area contributed by atoms with Crippen LogP contribution in [-0.4, -0.2) is 15.3 Å². The summed E-state index contributed by atoms with van der Waals surface area (Å²) in [5.41, 5.74) is 0. The zero-order chi connectivity index (χ0) is 12.8. The molecule has 0 radical (unpaired) electrons. The highest BCUT2D eigenvalue weighted by molar-refractivity contribution is 7.39. The SMILES string of the molecule is CCCCC(C)C(CCC)C(C)(O)[P+](=O)O. The predicted molar refractivity (Wildman–Crippen MR) is 67.5 cm³/mol. The van der Waals surface area contributed by atoms with Crippen molar-refractivity contribution in [1.82, 2.24) is 0 Å². The molecule has 4 unspecified atom stereocenters. The maximum atomic E-state index is 11.2. The molecule has 0 aromatic carbocycles. The van der Waals surface area contributed by atoms with Gasteiger partial charge in [-0.15, -0.1) is 0 Å². The molecule has 0 fully saturated rings. The Morgan fingerprint density at radius 2 is 1.81 bits per heavy atom. The minimum atomic E-state index is -2.54. The molecule has 0 rings (SSSR count). The highest BCUT2D eigenvalue weighted by Gasteiger charge is 2.50. The summed E-state index contributed by atoms with van der Waals surface area (Å²) < 4.78 is 11.2. The molecule has 0 bridgehead atoms. The van der Waals surface area contributed by atoms with Gasteiger partial charge in [-0.3, -0.25) is 0 Å². The Balaban J connectivity index is 4.64. The zero-order valence-corrected chi connectivity index (χ0v) is 11.8. The molecule has 0 aromatic rings. The summed E-state index contributed by atoms with van der Waals surface area (Å²) in [6, 6.07) is 0. The van der Waals surface area contributed by atoms with Crippen molar-refractivity contribution in [2.24, 2.45) is 11.8 Å². The van der Waals surface area contributed by atoms with Crippen molar-refractivity contribution < 1.29 is 14.6 Å². The zero-order valence-electron chi connectivity index (χ0n) is 10.9. The molecule has 0 heterocycles. The van der Waals surface area contributed by atoms with Gasteiger partial charge in [-0.05, 0) is 16.9 Å². The molecule has 0 amide bonds. The first-order valence-corrected chi connectivity index (χ1v) is 7.47. The van der Waals surface area contributed by atoms with Gasteiger partial charge in [0.1, 0.15) is 0 Å². The van der Waals surface area contributed by atoms with Gasteiger partial charge in [-0.2, -0.15) is 4.89 Å². The van der Waals surface area contributed by atoms with E-state index in [1.165, 1.54) is 6.92 Å². The van der Waals surface area contributed by atoms with Crippen molar-refractivity contribution in [1.29, 1.82) is 0 Å². The van der Waals surface area contributed by atoms with E-state index >= 15 is 0 Å². The Morgan fingerprint density at radius 3 is 2.19 bits per heavy atom. The average molecular weight is 249 g/mol. The van der Waals surface area contributed by atoms with Crippen molar-refractivity contribution in [2.75, 3.05) is 0 Å². The van der Waals surface area contributed by atoms with E-state index in [9.17, 15) is 14.6 Å². The number of rotatable bonds is 8. The molecular formula is C12H26O3P+. The van der Waals surface area contributed by atoms with Gasteiger partial charge in [0.2, 0.25) is 0 Å². The van der Waals surface area contributed by atoms with E-state index in [1.807, 2.05) is 6.92 Å². The smallest absolute Gasteiger partial charge is 0.346 e. The minimum Gasteiger partial charge on any atom is -0.346 e. The number of hydrogen-bond acceptors (Lipinski definition) is 2. The van der Waals surface area contributed by atoms with Gasteiger partial charge in [-0.1, -0.05) is 46.5 Å². The van der Waals surface area contributed by atoms with E-state index in [2.05, 4.69) is 13.8 Å². The molecule has 2 N–H and O–H groups in total. The van der Waals surface area contributed by atoms with Crippen molar-refractivity contribution in [3.63, 3.8) is 0 Å². The Bertz CT molecular complexity index is 216. The number of aliphatic hydroxyl groups is 1. The fourth-order valence-corrected chi connectivity index (χ4v) is 2.94. The maximum Gasteiger partial charge on any atom is 0.540 e. The average Bonchev–Trinajstić information content (AvgIpc) is 2.21. The van der Waals surface area contributed by atoms with E-state index < -0.39 is 13.4 Å². The maximum absolute atomic E-state index is 11.2. The van der Waals surface area contributed by atoms with Gasteiger partial charge in [0, 0.05) is 12.8 Å².